The standard InChI is InChI=1S/C17H16FN3O3S/c1-25(22,23)10-12-3-2-11(7-19-12)13-8-21-16-9-24-5-4-15(16)20-17(21)6-14(13)18/h2-3,6-8H,4-5,9-10H2,1H3. The van der Waals surface area contributed by atoms with Gasteiger partial charge in [0.25, 0.3) is 0 Å². The highest BCUT2D eigenvalue weighted by atomic mass is 32.2. The Labute approximate surface area is 144 Å². The quantitative estimate of drug-likeness (QED) is 0.715. The van der Waals surface area contributed by atoms with Crippen molar-refractivity contribution in [3.63, 3.8) is 0 Å². The molecule has 0 saturated carbocycles. The van der Waals surface area contributed by atoms with Gasteiger partial charge in [-0.1, -0.05) is 6.07 Å². The van der Waals surface area contributed by atoms with Crippen LogP contribution in [0.2, 0.25) is 0 Å². The van der Waals surface area contributed by atoms with E-state index in [0.29, 0.717) is 35.7 Å². The maximum absolute atomic E-state index is 14.5. The van der Waals surface area contributed by atoms with Crippen molar-refractivity contribution in [3.8, 4) is 11.1 Å². The van der Waals surface area contributed by atoms with Crippen LogP contribution in [0.1, 0.15) is 17.1 Å². The van der Waals surface area contributed by atoms with Gasteiger partial charge in [0.15, 0.2) is 9.84 Å². The Hall–Kier alpha value is -2.32. The fraction of sp³-hybridized carbons (Fsp3) is 0.294. The molecule has 1 aliphatic heterocycles. The van der Waals surface area contributed by atoms with Crippen LogP contribution in [-0.2, 0) is 33.4 Å². The second-order valence-corrected chi connectivity index (χ2v) is 8.32. The number of nitrogens with zero attached hydrogens (tertiary/aromatic N) is 3. The largest absolute Gasteiger partial charge is 0.375 e. The molecular weight excluding hydrogens is 345 g/mol. The first-order valence-electron chi connectivity index (χ1n) is 7.81. The summed E-state index contributed by atoms with van der Waals surface area (Å²) in [4.78, 5) is 8.61. The predicted octanol–water partition coefficient (Wildman–Crippen LogP) is 2.15. The fourth-order valence-corrected chi connectivity index (χ4v) is 3.71. The monoisotopic (exact) mass is 361 g/mol. The minimum atomic E-state index is -3.16. The summed E-state index contributed by atoms with van der Waals surface area (Å²) >= 11 is 0. The van der Waals surface area contributed by atoms with Gasteiger partial charge in [0.1, 0.15) is 11.5 Å². The van der Waals surface area contributed by atoms with Crippen molar-refractivity contribution in [2.45, 2.75) is 18.8 Å². The van der Waals surface area contributed by atoms with E-state index in [2.05, 4.69) is 9.97 Å². The van der Waals surface area contributed by atoms with Gasteiger partial charge < -0.3 is 9.14 Å². The zero-order chi connectivity index (χ0) is 17.6. The molecule has 3 aromatic rings. The van der Waals surface area contributed by atoms with Crippen LogP contribution in [0.3, 0.4) is 0 Å². The molecule has 0 aromatic carbocycles. The molecule has 25 heavy (non-hydrogen) atoms. The Morgan fingerprint density at radius 1 is 1.36 bits per heavy atom. The highest BCUT2D eigenvalue weighted by Crippen LogP contribution is 2.27. The van der Waals surface area contributed by atoms with Crippen LogP contribution in [0.4, 0.5) is 4.39 Å². The highest BCUT2D eigenvalue weighted by Gasteiger charge is 2.19. The lowest BCUT2D eigenvalue weighted by Gasteiger charge is -2.12. The molecule has 0 bridgehead atoms. The Bertz CT molecular complexity index is 1060. The van der Waals surface area contributed by atoms with Gasteiger partial charge in [-0.25, -0.2) is 17.8 Å². The average Bonchev–Trinajstić information content (AvgIpc) is 2.91. The molecule has 6 nitrogen and oxygen atoms in total. The summed E-state index contributed by atoms with van der Waals surface area (Å²) < 4.78 is 44.5. The lowest BCUT2D eigenvalue weighted by molar-refractivity contribution is 0.106. The van der Waals surface area contributed by atoms with Crippen molar-refractivity contribution in [1.82, 2.24) is 14.4 Å². The molecule has 0 aliphatic carbocycles. The van der Waals surface area contributed by atoms with Crippen molar-refractivity contribution < 1.29 is 17.5 Å². The first-order chi connectivity index (χ1) is 11.9. The topological polar surface area (TPSA) is 73.6 Å². The van der Waals surface area contributed by atoms with Crippen molar-refractivity contribution in [2.24, 2.45) is 0 Å². The van der Waals surface area contributed by atoms with Crippen molar-refractivity contribution >= 4 is 15.5 Å². The summed E-state index contributed by atoms with van der Waals surface area (Å²) in [7, 11) is -3.16. The van der Waals surface area contributed by atoms with Crippen molar-refractivity contribution in [1.29, 1.82) is 0 Å². The SMILES string of the molecule is CS(=O)(=O)Cc1ccc(-c2cn3c4c(nc3cc2F)CCOC4)cn1. The molecular formula is C17H16FN3O3S. The molecule has 3 aromatic heterocycles. The second-order valence-electron chi connectivity index (χ2n) is 6.18. The van der Waals surface area contributed by atoms with Gasteiger partial charge in [-0.2, -0.15) is 0 Å². The summed E-state index contributed by atoms with van der Waals surface area (Å²) in [5, 5.41) is 0. The maximum Gasteiger partial charge on any atom is 0.153 e. The van der Waals surface area contributed by atoms with Gasteiger partial charge in [0, 0.05) is 42.3 Å². The second kappa shape index (κ2) is 5.89. The number of imidazole rings is 1. The number of rotatable bonds is 3. The van der Waals surface area contributed by atoms with Gasteiger partial charge in [-0.05, 0) is 6.07 Å². The third-order valence-corrected chi connectivity index (χ3v) is 4.98. The third kappa shape index (κ3) is 3.14. The van der Waals surface area contributed by atoms with Crippen molar-refractivity contribution in [2.75, 3.05) is 12.9 Å². The lowest BCUT2D eigenvalue weighted by Crippen LogP contribution is -2.10. The van der Waals surface area contributed by atoms with Crippen LogP contribution in [-0.4, -0.2) is 35.6 Å². The zero-order valence-electron chi connectivity index (χ0n) is 13.6. The summed E-state index contributed by atoms with van der Waals surface area (Å²) in [6, 6.07) is 4.68. The Morgan fingerprint density at radius 3 is 2.92 bits per heavy atom. The summed E-state index contributed by atoms with van der Waals surface area (Å²) in [5.74, 6) is -0.533. The molecule has 0 fully saturated rings. The van der Waals surface area contributed by atoms with Gasteiger partial charge in [0.2, 0.25) is 0 Å². The van der Waals surface area contributed by atoms with Gasteiger partial charge in [-0.15, -0.1) is 0 Å². The van der Waals surface area contributed by atoms with E-state index in [0.717, 1.165) is 24.1 Å². The number of ether oxygens (including phenoxy) is 1. The first-order valence-corrected chi connectivity index (χ1v) is 9.87. The molecule has 0 amide bonds. The third-order valence-electron chi connectivity index (χ3n) is 4.16. The number of pyridine rings is 2. The van der Waals surface area contributed by atoms with Crippen LogP contribution in [0.25, 0.3) is 16.8 Å². The van der Waals surface area contributed by atoms with E-state index in [9.17, 15) is 12.8 Å². The molecule has 8 heteroatoms. The Balaban J connectivity index is 1.77. The minimum absolute atomic E-state index is 0.138. The van der Waals surface area contributed by atoms with E-state index < -0.39 is 15.7 Å². The van der Waals surface area contributed by atoms with E-state index in [-0.39, 0.29) is 5.75 Å². The number of hydrogen-bond acceptors (Lipinski definition) is 5. The maximum atomic E-state index is 14.5. The van der Waals surface area contributed by atoms with Crippen LogP contribution in [0, 0.1) is 5.82 Å². The van der Waals surface area contributed by atoms with Crippen LogP contribution in [0.15, 0.2) is 30.6 Å². The molecule has 0 atom stereocenters. The van der Waals surface area contributed by atoms with E-state index in [1.807, 2.05) is 4.40 Å². The number of halogens is 1. The first kappa shape index (κ1) is 16.2. The van der Waals surface area contributed by atoms with Crippen LogP contribution in [0.5, 0.6) is 0 Å². The molecule has 0 spiro atoms. The number of sulfone groups is 1. The number of fused-ring (bicyclic) bond motifs is 3. The predicted molar refractivity (Wildman–Crippen MR) is 90.3 cm³/mol. The van der Waals surface area contributed by atoms with E-state index in [1.54, 1.807) is 18.3 Å². The molecule has 0 radical (unpaired) electrons. The molecule has 0 unspecified atom stereocenters. The zero-order valence-corrected chi connectivity index (χ0v) is 14.4. The Morgan fingerprint density at radius 2 is 2.20 bits per heavy atom. The molecule has 1 aliphatic rings. The fourth-order valence-electron chi connectivity index (χ4n) is 3.00. The number of aromatic nitrogens is 3. The van der Waals surface area contributed by atoms with Gasteiger partial charge >= 0.3 is 0 Å². The molecule has 0 saturated heterocycles. The van der Waals surface area contributed by atoms with E-state index in [4.69, 9.17) is 4.74 Å². The summed E-state index contributed by atoms with van der Waals surface area (Å²) in [6.45, 7) is 1.07. The van der Waals surface area contributed by atoms with E-state index in [1.165, 1.54) is 12.3 Å². The molecule has 130 valence electrons. The normalized spacial score (nSPS) is 14.6. The molecule has 4 rings (SSSR count). The molecule has 0 N–H and O–H groups in total. The minimum Gasteiger partial charge on any atom is -0.375 e. The smallest absolute Gasteiger partial charge is 0.153 e. The lowest BCUT2D eigenvalue weighted by atomic mass is 10.1. The van der Waals surface area contributed by atoms with Crippen LogP contribution >= 0.6 is 0 Å². The van der Waals surface area contributed by atoms with Gasteiger partial charge in [-0.3, -0.25) is 4.98 Å². The van der Waals surface area contributed by atoms with Crippen LogP contribution < -0.4 is 0 Å². The Kier molecular flexibility index (Phi) is 3.81. The summed E-state index contributed by atoms with van der Waals surface area (Å²) in [5.41, 5.74) is 3.82. The molecule has 4 heterocycles. The van der Waals surface area contributed by atoms with E-state index >= 15 is 0 Å². The average molecular weight is 361 g/mol. The van der Waals surface area contributed by atoms with Gasteiger partial charge in [0.05, 0.1) is 36.0 Å². The van der Waals surface area contributed by atoms with Crippen molar-refractivity contribution in [3.05, 3.63) is 53.5 Å². The summed E-state index contributed by atoms with van der Waals surface area (Å²) in [6.07, 6.45) is 5.05. The number of hydrogen-bond donors (Lipinski definition) is 0. The highest BCUT2D eigenvalue weighted by molar-refractivity contribution is 7.89.